The van der Waals surface area contributed by atoms with Crippen LogP contribution >= 0.6 is 22.6 Å². The molecule has 2 heteroatoms. The number of nitrogens with one attached hydrogen (secondary N) is 1. The lowest BCUT2D eigenvalue weighted by molar-refractivity contribution is 0.576. The van der Waals surface area contributed by atoms with Crippen LogP contribution in [0.5, 0.6) is 0 Å². The van der Waals surface area contributed by atoms with E-state index in [2.05, 4.69) is 89.4 Å². The quantitative estimate of drug-likeness (QED) is 0.547. The summed E-state index contributed by atoms with van der Waals surface area (Å²) in [6, 6.07) is 19.7. The third-order valence-electron chi connectivity index (χ3n) is 3.48. The minimum atomic E-state index is 0.544. The van der Waals surface area contributed by atoms with Crippen molar-refractivity contribution in [1.82, 2.24) is 5.32 Å². The summed E-state index contributed by atoms with van der Waals surface area (Å²) in [6.07, 6.45) is 2.28. The summed E-state index contributed by atoms with van der Waals surface area (Å²) in [4.78, 5) is 0. The maximum atomic E-state index is 3.56. The van der Waals surface area contributed by atoms with Crippen molar-refractivity contribution in [3.05, 3.63) is 69.3 Å². The van der Waals surface area contributed by atoms with E-state index in [0.717, 1.165) is 19.5 Å². The predicted molar refractivity (Wildman–Crippen MR) is 95.2 cm³/mol. The molecular formula is C18H22IN. The van der Waals surface area contributed by atoms with E-state index in [0.29, 0.717) is 5.92 Å². The zero-order valence-corrected chi connectivity index (χ0v) is 14.1. The first-order chi connectivity index (χ1) is 9.79. The minimum Gasteiger partial charge on any atom is -0.316 e. The number of benzene rings is 2. The molecule has 1 atom stereocenters. The molecule has 0 radical (unpaired) electrons. The van der Waals surface area contributed by atoms with Crippen molar-refractivity contribution in [1.29, 1.82) is 0 Å². The third kappa shape index (κ3) is 4.91. The van der Waals surface area contributed by atoms with E-state index in [1.807, 2.05) is 0 Å². The molecule has 0 saturated heterocycles. The van der Waals surface area contributed by atoms with Crippen molar-refractivity contribution in [3.63, 3.8) is 0 Å². The maximum absolute atomic E-state index is 3.56. The van der Waals surface area contributed by atoms with Crippen molar-refractivity contribution < 1.29 is 0 Å². The summed E-state index contributed by atoms with van der Waals surface area (Å²) in [5.74, 6) is 0.544. The number of hydrogen-bond acceptors (Lipinski definition) is 1. The molecule has 0 fully saturated rings. The smallest absolute Gasteiger partial charge is 0.0130 e. The fourth-order valence-corrected chi connectivity index (χ4v) is 2.75. The van der Waals surface area contributed by atoms with Crippen LogP contribution in [0.15, 0.2) is 54.6 Å². The van der Waals surface area contributed by atoms with Gasteiger partial charge in [-0.2, -0.15) is 0 Å². The molecule has 1 N–H and O–H groups in total. The Morgan fingerprint density at radius 2 is 1.70 bits per heavy atom. The van der Waals surface area contributed by atoms with E-state index in [-0.39, 0.29) is 0 Å². The van der Waals surface area contributed by atoms with E-state index in [4.69, 9.17) is 0 Å². The molecule has 0 bridgehead atoms. The monoisotopic (exact) mass is 379 g/mol. The minimum absolute atomic E-state index is 0.544. The fraction of sp³-hybridized carbons (Fsp3) is 0.333. The Balaban J connectivity index is 2.07. The highest BCUT2D eigenvalue weighted by molar-refractivity contribution is 14.1. The summed E-state index contributed by atoms with van der Waals surface area (Å²) < 4.78 is 1.30. The molecule has 0 aliphatic rings. The summed E-state index contributed by atoms with van der Waals surface area (Å²) in [5.41, 5.74) is 2.84. The zero-order chi connectivity index (χ0) is 14.2. The van der Waals surface area contributed by atoms with Crippen molar-refractivity contribution in [2.45, 2.75) is 25.7 Å². The van der Waals surface area contributed by atoms with Crippen LogP contribution in [-0.2, 0) is 6.42 Å². The maximum Gasteiger partial charge on any atom is 0.0130 e. The summed E-state index contributed by atoms with van der Waals surface area (Å²) in [6.45, 7) is 4.35. The highest BCUT2D eigenvalue weighted by atomic mass is 127. The number of halogens is 1. The molecule has 2 aromatic rings. The van der Waals surface area contributed by atoms with E-state index >= 15 is 0 Å². The standard InChI is InChI=1S/C18H22IN/c1-2-12-20-14-17(16-6-4-3-5-7-16)13-15-8-10-18(19)11-9-15/h3-11,17,20H,2,12-14H2,1H3. The van der Waals surface area contributed by atoms with Crippen LogP contribution in [-0.4, -0.2) is 13.1 Å². The Hall–Kier alpha value is -0.870. The lowest BCUT2D eigenvalue weighted by atomic mass is 9.92. The molecule has 0 aliphatic carbocycles. The van der Waals surface area contributed by atoms with E-state index in [1.54, 1.807) is 0 Å². The second-order valence-corrected chi connectivity index (χ2v) is 6.39. The molecule has 2 rings (SSSR count). The first kappa shape index (κ1) is 15.5. The highest BCUT2D eigenvalue weighted by Gasteiger charge is 2.11. The van der Waals surface area contributed by atoms with Gasteiger partial charge in [-0.05, 0) is 65.2 Å². The molecule has 20 heavy (non-hydrogen) atoms. The zero-order valence-electron chi connectivity index (χ0n) is 12.0. The van der Waals surface area contributed by atoms with Gasteiger partial charge in [-0.15, -0.1) is 0 Å². The molecule has 0 saturated carbocycles. The van der Waals surface area contributed by atoms with Crippen LogP contribution in [0, 0.1) is 3.57 Å². The Bertz CT molecular complexity index is 493. The molecule has 0 amide bonds. The van der Waals surface area contributed by atoms with Gasteiger partial charge in [0.05, 0.1) is 0 Å². The van der Waals surface area contributed by atoms with Crippen LogP contribution in [0.4, 0.5) is 0 Å². The van der Waals surface area contributed by atoms with Crippen LogP contribution < -0.4 is 5.32 Å². The van der Waals surface area contributed by atoms with Gasteiger partial charge in [0.1, 0.15) is 0 Å². The third-order valence-corrected chi connectivity index (χ3v) is 4.20. The largest absolute Gasteiger partial charge is 0.316 e. The van der Waals surface area contributed by atoms with Crippen LogP contribution in [0.1, 0.15) is 30.4 Å². The Kier molecular flexibility index (Phi) is 6.54. The highest BCUT2D eigenvalue weighted by Crippen LogP contribution is 2.21. The van der Waals surface area contributed by atoms with Crippen LogP contribution in [0.25, 0.3) is 0 Å². The average molecular weight is 379 g/mol. The normalized spacial score (nSPS) is 12.3. The second kappa shape index (κ2) is 8.42. The molecular weight excluding hydrogens is 357 g/mol. The molecule has 0 spiro atoms. The topological polar surface area (TPSA) is 12.0 Å². The summed E-state index contributed by atoms with van der Waals surface area (Å²) in [7, 11) is 0. The van der Waals surface area contributed by atoms with Crippen molar-refractivity contribution >= 4 is 22.6 Å². The van der Waals surface area contributed by atoms with Crippen molar-refractivity contribution in [3.8, 4) is 0 Å². The molecule has 1 unspecified atom stereocenters. The lowest BCUT2D eigenvalue weighted by Gasteiger charge is -2.18. The number of hydrogen-bond donors (Lipinski definition) is 1. The number of rotatable bonds is 7. The van der Waals surface area contributed by atoms with Crippen LogP contribution in [0.2, 0.25) is 0 Å². The lowest BCUT2D eigenvalue weighted by Crippen LogP contribution is -2.23. The van der Waals surface area contributed by atoms with E-state index in [1.165, 1.54) is 21.1 Å². The Labute approximate surface area is 135 Å². The van der Waals surface area contributed by atoms with Gasteiger partial charge in [0.2, 0.25) is 0 Å². The molecule has 106 valence electrons. The van der Waals surface area contributed by atoms with Gasteiger partial charge in [-0.3, -0.25) is 0 Å². The van der Waals surface area contributed by atoms with Crippen molar-refractivity contribution in [2.24, 2.45) is 0 Å². The molecule has 2 aromatic carbocycles. The van der Waals surface area contributed by atoms with Gasteiger partial charge in [-0.1, -0.05) is 49.4 Å². The molecule has 0 aromatic heterocycles. The van der Waals surface area contributed by atoms with Gasteiger partial charge in [-0.25, -0.2) is 0 Å². The van der Waals surface area contributed by atoms with Gasteiger partial charge < -0.3 is 5.32 Å². The molecule has 0 aliphatic heterocycles. The SMILES string of the molecule is CCCNCC(Cc1ccc(I)cc1)c1ccccc1. The van der Waals surface area contributed by atoms with Gasteiger partial charge in [0, 0.05) is 16.0 Å². The second-order valence-electron chi connectivity index (χ2n) is 5.14. The van der Waals surface area contributed by atoms with E-state index < -0.39 is 0 Å². The fourth-order valence-electron chi connectivity index (χ4n) is 2.39. The van der Waals surface area contributed by atoms with Gasteiger partial charge in [0.15, 0.2) is 0 Å². The van der Waals surface area contributed by atoms with Crippen LogP contribution in [0.3, 0.4) is 0 Å². The first-order valence-corrected chi connectivity index (χ1v) is 8.37. The van der Waals surface area contributed by atoms with E-state index in [9.17, 15) is 0 Å². The Morgan fingerprint density at radius 3 is 2.35 bits per heavy atom. The van der Waals surface area contributed by atoms with Gasteiger partial charge in [0.25, 0.3) is 0 Å². The molecule has 1 nitrogen and oxygen atoms in total. The summed E-state index contributed by atoms with van der Waals surface area (Å²) in [5, 5.41) is 3.56. The predicted octanol–water partition coefficient (Wildman–Crippen LogP) is 4.62. The Morgan fingerprint density at radius 1 is 1.00 bits per heavy atom. The van der Waals surface area contributed by atoms with Gasteiger partial charge >= 0.3 is 0 Å². The first-order valence-electron chi connectivity index (χ1n) is 7.29. The average Bonchev–Trinajstić information content (AvgIpc) is 2.49. The molecule has 0 heterocycles. The summed E-state index contributed by atoms with van der Waals surface area (Å²) >= 11 is 2.36. The van der Waals surface area contributed by atoms with Crippen molar-refractivity contribution in [2.75, 3.05) is 13.1 Å².